The van der Waals surface area contributed by atoms with Crippen molar-refractivity contribution in [1.29, 1.82) is 0 Å². The molecule has 0 amide bonds. The predicted molar refractivity (Wildman–Crippen MR) is 101 cm³/mol. The van der Waals surface area contributed by atoms with E-state index in [1.165, 1.54) is 7.11 Å². The third-order valence-corrected chi connectivity index (χ3v) is 4.08. The number of nitrogens with zero attached hydrogens (tertiary/aromatic N) is 1. The molecule has 6 heteroatoms. The topological polar surface area (TPSA) is 38.8 Å². The highest BCUT2D eigenvalue weighted by Gasteiger charge is 2.28. The van der Waals surface area contributed by atoms with Crippen molar-refractivity contribution in [1.82, 2.24) is 0 Å². The fourth-order valence-corrected chi connectivity index (χ4v) is 3.14. The van der Waals surface area contributed by atoms with Gasteiger partial charge in [-0.05, 0) is 51.0 Å². The highest BCUT2D eigenvalue weighted by Crippen LogP contribution is 2.28. The summed E-state index contributed by atoms with van der Waals surface area (Å²) in [5, 5.41) is 0.422. The first-order valence-corrected chi connectivity index (χ1v) is 8.26. The fraction of sp³-hybridized carbons (Fsp3) is 0.471. The molecule has 0 bridgehead atoms. The monoisotopic (exact) mass is 353 g/mol. The maximum absolute atomic E-state index is 12.1. The van der Waals surface area contributed by atoms with Gasteiger partial charge in [-0.1, -0.05) is 30.4 Å². The van der Waals surface area contributed by atoms with Crippen LogP contribution in [-0.4, -0.2) is 35.8 Å². The molecule has 0 saturated carbocycles. The summed E-state index contributed by atoms with van der Waals surface area (Å²) in [6.07, 6.45) is 0.313. The van der Waals surface area contributed by atoms with E-state index < -0.39 is 6.04 Å². The second-order valence-electron chi connectivity index (χ2n) is 5.19. The Morgan fingerprint density at radius 3 is 2.30 bits per heavy atom. The van der Waals surface area contributed by atoms with Crippen LogP contribution in [0.4, 0.5) is 5.69 Å². The van der Waals surface area contributed by atoms with Gasteiger partial charge in [0.15, 0.2) is 5.05 Å². The van der Waals surface area contributed by atoms with Gasteiger partial charge in [-0.3, -0.25) is 0 Å². The van der Waals surface area contributed by atoms with Gasteiger partial charge < -0.3 is 14.4 Å². The van der Waals surface area contributed by atoms with Crippen molar-refractivity contribution in [3.05, 3.63) is 29.3 Å². The molecule has 1 unspecified atom stereocenters. The van der Waals surface area contributed by atoms with Gasteiger partial charge in [0.05, 0.1) is 25.1 Å². The standard InChI is InChI=1S/C17H23NO3S2/c1-6-21-15(23)10-14(22)18(13(4)17(19)20-5)16-11(2)8-7-9-12(16)3/h7-9,13H,6,10H2,1-5H3. The molecule has 0 spiro atoms. The zero-order valence-electron chi connectivity index (χ0n) is 14.2. The molecule has 1 atom stereocenters. The molecule has 1 rings (SSSR count). The van der Waals surface area contributed by atoms with Crippen molar-refractivity contribution in [2.75, 3.05) is 18.6 Å². The molecule has 0 aromatic heterocycles. The molecule has 0 aliphatic rings. The molecular formula is C17H23NO3S2. The minimum atomic E-state index is -0.545. The average molecular weight is 354 g/mol. The van der Waals surface area contributed by atoms with Crippen LogP contribution in [0.25, 0.3) is 0 Å². The largest absolute Gasteiger partial charge is 0.487 e. The lowest BCUT2D eigenvalue weighted by atomic mass is 10.1. The minimum Gasteiger partial charge on any atom is -0.487 e. The van der Waals surface area contributed by atoms with E-state index in [0.717, 1.165) is 16.8 Å². The Kier molecular flexibility index (Phi) is 7.58. The molecule has 0 radical (unpaired) electrons. The van der Waals surface area contributed by atoms with E-state index in [0.29, 0.717) is 23.1 Å². The summed E-state index contributed by atoms with van der Waals surface area (Å²) in [5.74, 6) is -0.350. The molecule has 23 heavy (non-hydrogen) atoms. The summed E-state index contributed by atoms with van der Waals surface area (Å²) in [7, 11) is 1.37. The highest BCUT2D eigenvalue weighted by atomic mass is 32.1. The number of anilines is 1. The number of ether oxygens (including phenoxy) is 2. The zero-order valence-corrected chi connectivity index (χ0v) is 15.8. The van der Waals surface area contributed by atoms with Crippen LogP contribution in [0.5, 0.6) is 0 Å². The van der Waals surface area contributed by atoms with Crippen molar-refractivity contribution in [3.63, 3.8) is 0 Å². The number of benzene rings is 1. The Bertz CT molecular complexity index is 581. The number of thiocarbonyl (C=S) groups is 2. The maximum atomic E-state index is 12.1. The summed E-state index contributed by atoms with van der Waals surface area (Å²) in [6.45, 7) is 8.12. The Labute approximate surface area is 148 Å². The van der Waals surface area contributed by atoms with Crippen LogP contribution in [0.2, 0.25) is 0 Å². The number of hydrogen-bond donors (Lipinski definition) is 0. The van der Waals surface area contributed by atoms with Crippen molar-refractivity contribution in [2.45, 2.75) is 40.2 Å². The first-order chi connectivity index (χ1) is 10.8. The lowest BCUT2D eigenvalue weighted by molar-refractivity contribution is -0.141. The van der Waals surface area contributed by atoms with Crippen LogP contribution in [0.1, 0.15) is 31.4 Å². The second kappa shape index (κ2) is 8.93. The van der Waals surface area contributed by atoms with Gasteiger partial charge in [0.2, 0.25) is 0 Å². The molecule has 0 fully saturated rings. The lowest BCUT2D eigenvalue weighted by Gasteiger charge is -2.32. The molecular weight excluding hydrogens is 330 g/mol. The van der Waals surface area contributed by atoms with Gasteiger partial charge in [-0.15, -0.1) is 0 Å². The summed E-state index contributed by atoms with van der Waals surface area (Å²) in [5.41, 5.74) is 2.98. The number of para-hydroxylation sites is 1. The molecule has 0 aliphatic heterocycles. The van der Waals surface area contributed by atoms with Gasteiger partial charge in [-0.25, -0.2) is 4.79 Å². The summed E-state index contributed by atoms with van der Waals surface area (Å²) in [4.78, 5) is 14.4. The summed E-state index contributed by atoms with van der Waals surface area (Å²) in [6, 6.07) is 5.41. The SMILES string of the molecule is CCOC(=S)CC(=S)N(c1c(C)cccc1C)C(C)C(=O)OC. The van der Waals surface area contributed by atoms with E-state index in [-0.39, 0.29) is 5.97 Å². The van der Waals surface area contributed by atoms with Gasteiger partial charge >= 0.3 is 5.97 Å². The normalized spacial score (nSPS) is 11.5. The van der Waals surface area contributed by atoms with E-state index in [1.54, 1.807) is 6.92 Å². The number of carbonyl (C=O) groups excluding carboxylic acids is 1. The zero-order chi connectivity index (χ0) is 17.6. The quantitative estimate of drug-likeness (QED) is 0.573. The number of methoxy groups -OCH3 is 1. The number of aryl methyl sites for hydroxylation is 2. The second-order valence-corrected chi connectivity index (χ2v) is 6.11. The van der Waals surface area contributed by atoms with Crippen molar-refractivity contribution in [3.8, 4) is 0 Å². The van der Waals surface area contributed by atoms with Crippen LogP contribution in [-0.2, 0) is 14.3 Å². The number of esters is 1. The smallest absolute Gasteiger partial charge is 0.328 e. The highest BCUT2D eigenvalue weighted by molar-refractivity contribution is 7.82. The summed E-state index contributed by atoms with van der Waals surface area (Å²) >= 11 is 10.8. The number of carbonyl (C=O) groups is 1. The Hall–Kier alpha value is -1.53. The van der Waals surface area contributed by atoms with Gasteiger partial charge in [0.1, 0.15) is 6.04 Å². The molecule has 1 aromatic carbocycles. The van der Waals surface area contributed by atoms with Crippen molar-refractivity contribution >= 4 is 46.1 Å². The Morgan fingerprint density at radius 2 is 1.83 bits per heavy atom. The third-order valence-electron chi connectivity index (χ3n) is 3.48. The van der Waals surface area contributed by atoms with Crippen molar-refractivity contribution in [2.24, 2.45) is 0 Å². The molecule has 0 heterocycles. The third kappa shape index (κ3) is 4.97. The van der Waals surface area contributed by atoms with Gasteiger partial charge in [0.25, 0.3) is 0 Å². The molecule has 0 saturated heterocycles. The van der Waals surface area contributed by atoms with E-state index in [1.807, 2.05) is 43.9 Å². The van der Waals surface area contributed by atoms with Crippen LogP contribution in [0.15, 0.2) is 18.2 Å². The molecule has 1 aromatic rings. The molecule has 0 N–H and O–H groups in total. The van der Waals surface area contributed by atoms with Crippen LogP contribution in [0, 0.1) is 13.8 Å². The minimum absolute atomic E-state index is 0.313. The van der Waals surface area contributed by atoms with Crippen LogP contribution < -0.4 is 4.90 Å². The fourth-order valence-electron chi connectivity index (χ4n) is 2.42. The molecule has 0 aliphatic carbocycles. The van der Waals surface area contributed by atoms with Crippen molar-refractivity contribution < 1.29 is 14.3 Å². The first kappa shape index (κ1) is 19.5. The molecule has 4 nitrogen and oxygen atoms in total. The lowest BCUT2D eigenvalue weighted by Crippen LogP contribution is -2.44. The Morgan fingerprint density at radius 1 is 1.26 bits per heavy atom. The van der Waals surface area contributed by atoms with E-state index >= 15 is 0 Å². The number of rotatable bonds is 6. The van der Waals surface area contributed by atoms with Crippen LogP contribution in [0.3, 0.4) is 0 Å². The van der Waals surface area contributed by atoms with E-state index in [4.69, 9.17) is 33.9 Å². The average Bonchev–Trinajstić information content (AvgIpc) is 2.49. The van der Waals surface area contributed by atoms with Gasteiger partial charge in [0, 0.05) is 5.69 Å². The van der Waals surface area contributed by atoms with E-state index in [9.17, 15) is 4.79 Å². The summed E-state index contributed by atoms with van der Waals surface area (Å²) < 4.78 is 10.2. The maximum Gasteiger partial charge on any atom is 0.328 e. The first-order valence-electron chi connectivity index (χ1n) is 7.45. The molecule has 126 valence electrons. The predicted octanol–water partition coefficient (Wildman–Crippen LogP) is 3.75. The number of hydrogen-bond acceptors (Lipinski definition) is 5. The van der Waals surface area contributed by atoms with Gasteiger partial charge in [-0.2, -0.15) is 0 Å². The van der Waals surface area contributed by atoms with Crippen LogP contribution >= 0.6 is 24.4 Å². The van der Waals surface area contributed by atoms with E-state index in [2.05, 4.69) is 0 Å². The Balaban J connectivity index is 3.25.